The molecule has 1 heterocycles. The van der Waals surface area contributed by atoms with Gasteiger partial charge in [0.15, 0.2) is 5.75 Å². The van der Waals surface area contributed by atoms with Crippen LogP contribution in [-0.4, -0.2) is 9.97 Å². The van der Waals surface area contributed by atoms with Gasteiger partial charge in [-0.3, -0.25) is 0 Å². The lowest BCUT2D eigenvalue weighted by Crippen LogP contribution is -1.94. The summed E-state index contributed by atoms with van der Waals surface area (Å²) in [5, 5.41) is 0. The van der Waals surface area contributed by atoms with E-state index in [9.17, 15) is 0 Å². The van der Waals surface area contributed by atoms with E-state index in [1.807, 2.05) is 24.3 Å². The highest BCUT2D eigenvalue weighted by Gasteiger charge is 1.97. The average Bonchev–Trinajstić information content (AvgIpc) is 2.25. The van der Waals surface area contributed by atoms with E-state index in [0.717, 1.165) is 10.2 Å². The molecular formula is C10H8BrN3O. The fraction of sp³-hybridized carbons (Fsp3) is 0. The number of ether oxygens (including phenoxy) is 1. The standard InChI is InChI=1S/C10H8BrN3O/c11-7-1-3-8(4-2-7)15-9-5-13-10(12)14-6-9/h1-6H,(H2,12,13,14). The first-order valence-corrected chi connectivity index (χ1v) is 5.04. The number of aromatic nitrogens is 2. The van der Waals surface area contributed by atoms with Crippen molar-refractivity contribution in [2.45, 2.75) is 0 Å². The number of hydrogen-bond donors (Lipinski definition) is 1. The lowest BCUT2D eigenvalue weighted by atomic mass is 10.3. The predicted octanol–water partition coefficient (Wildman–Crippen LogP) is 2.61. The Morgan fingerprint density at radius 3 is 2.20 bits per heavy atom. The van der Waals surface area contributed by atoms with E-state index in [-0.39, 0.29) is 5.95 Å². The normalized spacial score (nSPS) is 9.93. The molecule has 0 atom stereocenters. The van der Waals surface area contributed by atoms with Crippen molar-refractivity contribution >= 4 is 21.9 Å². The van der Waals surface area contributed by atoms with E-state index in [2.05, 4.69) is 25.9 Å². The first-order chi connectivity index (χ1) is 7.24. The van der Waals surface area contributed by atoms with Crippen molar-refractivity contribution in [2.24, 2.45) is 0 Å². The summed E-state index contributed by atoms with van der Waals surface area (Å²) < 4.78 is 6.49. The molecule has 2 aromatic rings. The van der Waals surface area contributed by atoms with Crippen molar-refractivity contribution in [3.63, 3.8) is 0 Å². The van der Waals surface area contributed by atoms with Crippen molar-refractivity contribution in [1.82, 2.24) is 9.97 Å². The van der Waals surface area contributed by atoms with Gasteiger partial charge in [0.05, 0.1) is 12.4 Å². The monoisotopic (exact) mass is 265 g/mol. The van der Waals surface area contributed by atoms with Gasteiger partial charge in [0.2, 0.25) is 5.95 Å². The van der Waals surface area contributed by atoms with Gasteiger partial charge in [-0.15, -0.1) is 0 Å². The molecular weight excluding hydrogens is 258 g/mol. The number of anilines is 1. The molecule has 15 heavy (non-hydrogen) atoms. The lowest BCUT2D eigenvalue weighted by Gasteiger charge is -2.04. The third-order valence-corrected chi connectivity index (χ3v) is 2.23. The van der Waals surface area contributed by atoms with Crippen molar-refractivity contribution in [2.75, 3.05) is 5.73 Å². The molecule has 0 spiro atoms. The summed E-state index contributed by atoms with van der Waals surface area (Å²) in [4.78, 5) is 7.65. The van der Waals surface area contributed by atoms with Crippen molar-refractivity contribution in [3.8, 4) is 11.5 Å². The summed E-state index contributed by atoms with van der Waals surface area (Å²) in [6.07, 6.45) is 3.06. The number of hydrogen-bond acceptors (Lipinski definition) is 4. The van der Waals surface area contributed by atoms with Gasteiger partial charge in [0.25, 0.3) is 0 Å². The zero-order chi connectivity index (χ0) is 10.7. The quantitative estimate of drug-likeness (QED) is 0.907. The zero-order valence-electron chi connectivity index (χ0n) is 7.72. The van der Waals surface area contributed by atoms with Gasteiger partial charge in [-0.2, -0.15) is 0 Å². The third-order valence-electron chi connectivity index (χ3n) is 1.70. The molecule has 0 aliphatic heterocycles. The molecule has 5 heteroatoms. The van der Waals surface area contributed by atoms with E-state index >= 15 is 0 Å². The summed E-state index contributed by atoms with van der Waals surface area (Å²) in [6, 6.07) is 7.49. The molecule has 1 aromatic heterocycles. The number of benzene rings is 1. The summed E-state index contributed by atoms with van der Waals surface area (Å²) in [7, 11) is 0. The maximum Gasteiger partial charge on any atom is 0.220 e. The third kappa shape index (κ3) is 2.66. The van der Waals surface area contributed by atoms with Gasteiger partial charge in [-0.05, 0) is 24.3 Å². The predicted molar refractivity (Wildman–Crippen MR) is 60.7 cm³/mol. The average molecular weight is 266 g/mol. The van der Waals surface area contributed by atoms with Crippen LogP contribution in [0.1, 0.15) is 0 Å². The Bertz CT molecular complexity index is 398. The Balaban J connectivity index is 2.15. The Kier molecular flexibility index (Phi) is 2.82. The molecule has 0 saturated heterocycles. The summed E-state index contributed by atoms with van der Waals surface area (Å²) in [5.41, 5.74) is 5.36. The Labute approximate surface area is 95.2 Å². The summed E-state index contributed by atoms with van der Waals surface area (Å²) in [6.45, 7) is 0. The Morgan fingerprint density at radius 2 is 1.60 bits per heavy atom. The molecule has 2 rings (SSSR count). The van der Waals surface area contributed by atoms with Crippen molar-refractivity contribution in [1.29, 1.82) is 0 Å². The second-order valence-corrected chi connectivity index (χ2v) is 3.75. The van der Waals surface area contributed by atoms with Crippen LogP contribution in [0.3, 0.4) is 0 Å². The number of nitrogens with zero attached hydrogens (tertiary/aromatic N) is 2. The minimum Gasteiger partial charge on any atom is -0.454 e. The fourth-order valence-electron chi connectivity index (χ4n) is 1.02. The molecule has 0 bridgehead atoms. The van der Waals surface area contributed by atoms with E-state index in [4.69, 9.17) is 10.5 Å². The highest BCUT2D eigenvalue weighted by Crippen LogP contribution is 2.21. The minimum absolute atomic E-state index is 0.234. The number of nitrogen functional groups attached to an aromatic ring is 1. The van der Waals surface area contributed by atoms with Gasteiger partial charge in [-0.1, -0.05) is 15.9 Å². The van der Waals surface area contributed by atoms with Crippen LogP contribution < -0.4 is 10.5 Å². The van der Waals surface area contributed by atoms with Crippen LogP contribution in [0, 0.1) is 0 Å². The molecule has 1 aromatic carbocycles. The van der Waals surface area contributed by atoms with E-state index < -0.39 is 0 Å². The maximum absolute atomic E-state index is 5.49. The van der Waals surface area contributed by atoms with Crippen LogP contribution in [0.5, 0.6) is 11.5 Å². The van der Waals surface area contributed by atoms with Gasteiger partial charge >= 0.3 is 0 Å². The number of nitrogens with two attached hydrogens (primary N) is 1. The molecule has 76 valence electrons. The van der Waals surface area contributed by atoms with Gasteiger partial charge in [0, 0.05) is 4.47 Å². The number of halogens is 1. The topological polar surface area (TPSA) is 61.0 Å². The second-order valence-electron chi connectivity index (χ2n) is 2.83. The molecule has 0 saturated carbocycles. The van der Waals surface area contributed by atoms with Crippen LogP contribution in [0.25, 0.3) is 0 Å². The summed E-state index contributed by atoms with van der Waals surface area (Å²) >= 11 is 3.34. The first-order valence-electron chi connectivity index (χ1n) is 4.25. The zero-order valence-corrected chi connectivity index (χ0v) is 9.31. The number of rotatable bonds is 2. The lowest BCUT2D eigenvalue weighted by molar-refractivity contribution is 0.477. The van der Waals surface area contributed by atoms with Crippen LogP contribution >= 0.6 is 15.9 Å². The Hall–Kier alpha value is -1.62. The maximum atomic E-state index is 5.49. The molecule has 0 aliphatic rings. The molecule has 0 fully saturated rings. The first kappa shape index (κ1) is 9.92. The minimum atomic E-state index is 0.234. The smallest absolute Gasteiger partial charge is 0.220 e. The highest BCUT2D eigenvalue weighted by molar-refractivity contribution is 9.10. The SMILES string of the molecule is Nc1ncc(Oc2ccc(Br)cc2)cn1. The van der Waals surface area contributed by atoms with Crippen molar-refractivity contribution < 1.29 is 4.74 Å². The largest absolute Gasteiger partial charge is 0.454 e. The second kappa shape index (κ2) is 4.27. The van der Waals surface area contributed by atoms with Crippen LogP contribution in [0.15, 0.2) is 41.1 Å². The molecule has 2 N–H and O–H groups in total. The summed E-state index contributed by atoms with van der Waals surface area (Å²) in [5.74, 6) is 1.52. The van der Waals surface area contributed by atoms with Crippen LogP contribution in [0.4, 0.5) is 5.95 Å². The van der Waals surface area contributed by atoms with E-state index in [0.29, 0.717) is 5.75 Å². The Morgan fingerprint density at radius 1 is 1.00 bits per heavy atom. The molecule has 0 unspecified atom stereocenters. The van der Waals surface area contributed by atoms with Crippen molar-refractivity contribution in [3.05, 3.63) is 41.1 Å². The van der Waals surface area contributed by atoms with Crippen LogP contribution in [0.2, 0.25) is 0 Å². The molecule has 0 radical (unpaired) electrons. The van der Waals surface area contributed by atoms with E-state index in [1.165, 1.54) is 12.4 Å². The molecule has 0 amide bonds. The fourth-order valence-corrected chi connectivity index (χ4v) is 1.28. The van der Waals surface area contributed by atoms with Crippen LogP contribution in [-0.2, 0) is 0 Å². The van der Waals surface area contributed by atoms with Gasteiger partial charge in [-0.25, -0.2) is 9.97 Å². The highest BCUT2D eigenvalue weighted by atomic mass is 79.9. The van der Waals surface area contributed by atoms with Gasteiger partial charge in [0.1, 0.15) is 5.75 Å². The van der Waals surface area contributed by atoms with E-state index in [1.54, 1.807) is 0 Å². The van der Waals surface area contributed by atoms with Gasteiger partial charge < -0.3 is 10.5 Å². The molecule has 4 nitrogen and oxygen atoms in total. The molecule has 0 aliphatic carbocycles.